The maximum atomic E-state index is 11.8. The van der Waals surface area contributed by atoms with Crippen LogP contribution in [0.4, 0.5) is 0 Å². The summed E-state index contributed by atoms with van der Waals surface area (Å²) in [6.45, 7) is 14.3. The third kappa shape index (κ3) is 9.21. The minimum Gasteiger partial charge on any atom is -0.490 e. The molecule has 0 amide bonds. The molecule has 0 saturated carbocycles. The van der Waals surface area contributed by atoms with Crippen LogP contribution in [0, 0.1) is 18.8 Å². The van der Waals surface area contributed by atoms with Gasteiger partial charge in [-0.3, -0.25) is 9.59 Å². The van der Waals surface area contributed by atoms with E-state index in [4.69, 9.17) is 18.9 Å². The lowest BCUT2D eigenvalue weighted by Crippen LogP contribution is -2.16. The van der Waals surface area contributed by atoms with Gasteiger partial charge in [-0.15, -0.1) is 0 Å². The Morgan fingerprint density at radius 1 is 0.800 bits per heavy atom. The van der Waals surface area contributed by atoms with E-state index < -0.39 is 18.2 Å². The molecule has 0 bridgehead atoms. The Morgan fingerprint density at radius 3 is 1.80 bits per heavy atom. The summed E-state index contributed by atoms with van der Waals surface area (Å²) >= 11 is 3.69. The summed E-state index contributed by atoms with van der Waals surface area (Å²) in [5.41, 5.74) is 3.12. The van der Waals surface area contributed by atoms with Gasteiger partial charge in [0.25, 0.3) is 6.29 Å². The number of aryl methyl sites for hydroxylation is 1. The van der Waals surface area contributed by atoms with Crippen LogP contribution in [0.5, 0.6) is 11.5 Å². The number of halogens is 1. The standard InChI is InChI=1S/C28H37BrO6/c1-17(2)10-12-32-26-15-24(25(29)16-27(26)33-13-11-18(3)4)23-14-19(5)8-9-22(23)28(34-20(6)30)35-21(7)31/h8-9,14-18,28H,10-13H2,1-7H3. The fourth-order valence-electron chi connectivity index (χ4n) is 3.34. The Balaban J connectivity index is 2.57. The summed E-state index contributed by atoms with van der Waals surface area (Å²) in [4.78, 5) is 23.5. The van der Waals surface area contributed by atoms with Crippen LogP contribution >= 0.6 is 15.9 Å². The molecule has 192 valence electrons. The summed E-state index contributed by atoms with van der Waals surface area (Å²) in [5, 5.41) is 0. The van der Waals surface area contributed by atoms with Crippen LogP contribution in [-0.4, -0.2) is 25.2 Å². The molecule has 0 heterocycles. The van der Waals surface area contributed by atoms with Gasteiger partial charge < -0.3 is 18.9 Å². The minimum atomic E-state index is -1.17. The average Bonchev–Trinajstić information content (AvgIpc) is 2.73. The second kappa shape index (κ2) is 13.5. The van der Waals surface area contributed by atoms with Gasteiger partial charge >= 0.3 is 11.9 Å². The van der Waals surface area contributed by atoms with Crippen LogP contribution in [0.2, 0.25) is 0 Å². The van der Waals surface area contributed by atoms with E-state index in [1.54, 1.807) is 6.07 Å². The molecule has 0 spiro atoms. The summed E-state index contributed by atoms with van der Waals surface area (Å²) < 4.78 is 23.8. The second-order valence-electron chi connectivity index (χ2n) is 9.48. The van der Waals surface area contributed by atoms with Crippen molar-refractivity contribution in [1.29, 1.82) is 0 Å². The molecule has 0 aromatic heterocycles. The van der Waals surface area contributed by atoms with Crippen molar-refractivity contribution in [3.63, 3.8) is 0 Å². The van der Waals surface area contributed by atoms with E-state index in [2.05, 4.69) is 43.6 Å². The normalized spacial score (nSPS) is 11.2. The molecule has 2 rings (SSSR count). The zero-order chi connectivity index (χ0) is 26.1. The van der Waals surface area contributed by atoms with Gasteiger partial charge in [-0.1, -0.05) is 67.4 Å². The van der Waals surface area contributed by atoms with Crippen LogP contribution in [0.15, 0.2) is 34.8 Å². The fraction of sp³-hybridized carbons (Fsp3) is 0.500. The number of benzene rings is 2. The van der Waals surface area contributed by atoms with Gasteiger partial charge in [-0.05, 0) is 49.3 Å². The van der Waals surface area contributed by atoms with Crippen molar-refractivity contribution >= 4 is 27.9 Å². The van der Waals surface area contributed by atoms with Crippen molar-refractivity contribution < 1.29 is 28.5 Å². The quantitative estimate of drug-likeness (QED) is 0.203. The molecule has 0 aliphatic heterocycles. The number of hydrogen-bond acceptors (Lipinski definition) is 6. The average molecular weight is 550 g/mol. The van der Waals surface area contributed by atoms with E-state index >= 15 is 0 Å². The SMILES string of the molecule is CC(=O)OC(OC(C)=O)c1ccc(C)cc1-c1cc(OCCC(C)C)c(OCCC(C)C)cc1Br. The Labute approximate surface area is 217 Å². The van der Waals surface area contributed by atoms with Gasteiger partial charge in [0, 0.05) is 29.4 Å². The molecule has 0 unspecified atom stereocenters. The molecule has 7 heteroatoms. The van der Waals surface area contributed by atoms with E-state index in [1.165, 1.54) is 13.8 Å². The van der Waals surface area contributed by atoms with Gasteiger partial charge in [0.15, 0.2) is 11.5 Å². The predicted octanol–water partition coefficient (Wildman–Crippen LogP) is 7.40. The lowest BCUT2D eigenvalue weighted by Gasteiger charge is -2.22. The highest BCUT2D eigenvalue weighted by Crippen LogP contribution is 2.42. The van der Waals surface area contributed by atoms with Gasteiger partial charge in [-0.25, -0.2) is 0 Å². The molecule has 0 aliphatic carbocycles. The molecule has 2 aromatic carbocycles. The van der Waals surface area contributed by atoms with Crippen LogP contribution < -0.4 is 9.47 Å². The highest BCUT2D eigenvalue weighted by Gasteiger charge is 2.24. The molecule has 0 fully saturated rings. The smallest absolute Gasteiger partial charge is 0.305 e. The van der Waals surface area contributed by atoms with Crippen molar-refractivity contribution in [2.75, 3.05) is 13.2 Å². The molecular formula is C28H37BrO6. The van der Waals surface area contributed by atoms with Gasteiger partial charge in [-0.2, -0.15) is 0 Å². The topological polar surface area (TPSA) is 71.1 Å². The second-order valence-corrected chi connectivity index (χ2v) is 10.3. The molecule has 6 nitrogen and oxygen atoms in total. The molecule has 2 aromatic rings. The van der Waals surface area contributed by atoms with Crippen LogP contribution in [0.3, 0.4) is 0 Å². The first-order chi connectivity index (χ1) is 16.5. The monoisotopic (exact) mass is 548 g/mol. The zero-order valence-electron chi connectivity index (χ0n) is 21.8. The van der Waals surface area contributed by atoms with E-state index in [9.17, 15) is 9.59 Å². The molecule has 0 aliphatic rings. The Kier molecular flexibility index (Phi) is 11.1. The van der Waals surface area contributed by atoms with E-state index in [0.717, 1.165) is 34.0 Å². The maximum absolute atomic E-state index is 11.8. The van der Waals surface area contributed by atoms with Crippen molar-refractivity contribution in [1.82, 2.24) is 0 Å². The van der Waals surface area contributed by atoms with E-state index in [0.29, 0.717) is 42.1 Å². The van der Waals surface area contributed by atoms with E-state index in [-0.39, 0.29) is 0 Å². The number of hydrogen-bond donors (Lipinski definition) is 0. The van der Waals surface area contributed by atoms with E-state index in [1.807, 2.05) is 31.2 Å². The van der Waals surface area contributed by atoms with Gasteiger partial charge in [0.1, 0.15) is 0 Å². The van der Waals surface area contributed by atoms with Gasteiger partial charge in [0.05, 0.1) is 13.2 Å². The summed E-state index contributed by atoms with van der Waals surface area (Å²) in [5.74, 6) is 1.23. The maximum Gasteiger partial charge on any atom is 0.305 e. The minimum absolute atomic E-state index is 0.506. The van der Waals surface area contributed by atoms with Crippen molar-refractivity contribution in [3.8, 4) is 22.6 Å². The number of carbonyl (C=O) groups is 2. The van der Waals surface area contributed by atoms with Crippen LogP contribution in [-0.2, 0) is 19.1 Å². The summed E-state index contributed by atoms with van der Waals surface area (Å²) in [7, 11) is 0. The highest BCUT2D eigenvalue weighted by atomic mass is 79.9. The van der Waals surface area contributed by atoms with Crippen molar-refractivity contribution in [2.45, 2.75) is 67.6 Å². The largest absolute Gasteiger partial charge is 0.490 e. The highest BCUT2D eigenvalue weighted by molar-refractivity contribution is 9.10. The van der Waals surface area contributed by atoms with Crippen LogP contribution in [0.25, 0.3) is 11.1 Å². The predicted molar refractivity (Wildman–Crippen MR) is 140 cm³/mol. The van der Waals surface area contributed by atoms with Gasteiger partial charge in [0.2, 0.25) is 0 Å². The summed E-state index contributed by atoms with van der Waals surface area (Å²) in [6.07, 6.45) is 0.673. The molecule has 35 heavy (non-hydrogen) atoms. The van der Waals surface area contributed by atoms with Crippen molar-refractivity contribution in [2.24, 2.45) is 11.8 Å². The number of ether oxygens (including phenoxy) is 4. The van der Waals surface area contributed by atoms with Crippen LogP contribution in [0.1, 0.15) is 71.8 Å². The molecular weight excluding hydrogens is 512 g/mol. The molecule has 0 radical (unpaired) electrons. The zero-order valence-corrected chi connectivity index (χ0v) is 23.4. The Morgan fingerprint density at radius 2 is 1.31 bits per heavy atom. The summed E-state index contributed by atoms with van der Waals surface area (Å²) in [6, 6.07) is 9.48. The fourth-order valence-corrected chi connectivity index (χ4v) is 3.87. The molecule has 0 atom stereocenters. The number of carbonyl (C=O) groups excluding carboxylic acids is 2. The third-order valence-electron chi connectivity index (χ3n) is 5.24. The Bertz CT molecular complexity index is 999. The first-order valence-electron chi connectivity index (χ1n) is 12.0. The lowest BCUT2D eigenvalue weighted by atomic mass is 9.96. The number of rotatable bonds is 12. The Hall–Kier alpha value is -2.54. The molecule has 0 N–H and O–H groups in total. The first kappa shape index (κ1) is 28.7. The number of esters is 2. The van der Waals surface area contributed by atoms with Crippen molar-refractivity contribution in [3.05, 3.63) is 45.9 Å². The lowest BCUT2D eigenvalue weighted by molar-refractivity contribution is -0.186. The first-order valence-corrected chi connectivity index (χ1v) is 12.8. The third-order valence-corrected chi connectivity index (χ3v) is 5.89. The molecule has 0 saturated heterocycles.